The molecule has 0 spiro atoms. The Balaban J connectivity index is 1.84. The second-order valence-corrected chi connectivity index (χ2v) is 5.24. The molecule has 0 amide bonds. The van der Waals surface area contributed by atoms with Crippen LogP contribution in [0.15, 0.2) is 6.07 Å². The van der Waals surface area contributed by atoms with Gasteiger partial charge in [-0.2, -0.15) is 0 Å². The van der Waals surface area contributed by atoms with E-state index in [1.165, 1.54) is 12.8 Å². The fourth-order valence-corrected chi connectivity index (χ4v) is 2.39. The number of nitrogens with one attached hydrogen (secondary N) is 1. The van der Waals surface area contributed by atoms with E-state index in [1.54, 1.807) is 0 Å². The van der Waals surface area contributed by atoms with E-state index in [9.17, 15) is 0 Å². The SMILES string of the molecule is CCC1CN(c2cc(NN)nc(C3CC3)n2)CCO1. The van der Waals surface area contributed by atoms with Gasteiger partial charge >= 0.3 is 0 Å². The van der Waals surface area contributed by atoms with E-state index in [0.29, 0.717) is 17.8 Å². The average Bonchev–Trinajstić information content (AvgIpc) is 3.31. The molecule has 1 saturated heterocycles. The molecule has 0 bridgehead atoms. The van der Waals surface area contributed by atoms with Crippen molar-refractivity contribution in [2.75, 3.05) is 30.0 Å². The van der Waals surface area contributed by atoms with Crippen molar-refractivity contribution < 1.29 is 4.74 Å². The maximum atomic E-state index is 5.70. The van der Waals surface area contributed by atoms with Gasteiger partial charge in [-0.25, -0.2) is 15.8 Å². The number of ether oxygens (including phenoxy) is 1. The second-order valence-electron chi connectivity index (χ2n) is 5.24. The van der Waals surface area contributed by atoms with Gasteiger partial charge in [0.2, 0.25) is 0 Å². The molecule has 1 atom stereocenters. The first-order valence-corrected chi connectivity index (χ1v) is 7.02. The van der Waals surface area contributed by atoms with Crippen molar-refractivity contribution >= 4 is 11.6 Å². The molecule has 1 aliphatic heterocycles. The number of hydrazine groups is 1. The minimum atomic E-state index is 0.294. The summed E-state index contributed by atoms with van der Waals surface area (Å²) >= 11 is 0. The Bertz CT molecular complexity index is 449. The number of nitrogens with zero attached hydrogens (tertiary/aromatic N) is 3. The molecule has 1 aromatic rings. The Kier molecular flexibility index (Phi) is 3.52. The minimum Gasteiger partial charge on any atom is -0.375 e. The molecule has 3 rings (SSSR count). The zero-order valence-electron chi connectivity index (χ0n) is 11.3. The number of hydrogen-bond donors (Lipinski definition) is 2. The maximum absolute atomic E-state index is 5.70. The summed E-state index contributed by atoms with van der Waals surface area (Å²) in [6.07, 6.45) is 3.70. The molecule has 6 heteroatoms. The van der Waals surface area contributed by atoms with Crippen molar-refractivity contribution in [1.82, 2.24) is 9.97 Å². The first-order chi connectivity index (χ1) is 9.30. The monoisotopic (exact) mass is 263 g/mol. The number of anilines is 2. The number of hydrogen-bond acceptors (Lipinski definition) is 6. The number of rotatable bonds is 4. The van der Waals surface area contributed by atoms with Gasteiger partial charge in [-0.1, -0.05) is 6.92 Å². The summed E-state index contributed by atoms with van der Waals surface area (Å²) in [7, 11) is 0. The zero-order valence-corrected chi connectivity index (χ0v) is 11.3. The van der Waals surface area contributed by atoms with Gasteiger partial charge in [0.05, 0.1) is 12.7 Å². The molecule has 1 aromatic heterocycles. The summed E-state index contributed by atoms with van der Waals surface area (Å²) in [6.45, 7) is 4.67. The van der Waals surface area contributed by atoms with Gasteiger partial charge in [-0.05, 0) is 19.3 Å². The van der Waals surface area contributed by atoms with Gasteiger partial charge in [0.25, 0.3) is 0 Å². The predicted octanol–water partition coefficient (Wildman–Crippen LogP) is 1.25. The molecule has 2 fully saturated rings. The van der Waals surface area contributed by atoms with E-state index < -0.39 is 0 Å². The van der Waals surface area contributed by atoms with Gasteiger partial charge in [0.1, 0.15) is 17.5 Å². The standard InChI is InChI=1S/C13H21N5O/c1-2-10-8-18(5-6-19-10)12-7-11(17-14)15-13(16-12)9-3-4-9/h7,9-10H,2-6,8,14H2,1H3,(H,15,16,17). The van der Waals surface area contributed by atoms with Crippen LogP contribution in [0.2, 0.25) is 0 Å². The quantitative estimate of drug-likeness (QED) is 0.629. The Hall–Kier alpha value is -1.40. The molecular weight excluding hydrogens is 242 g/mol. The fraction of sp³-hybridized carbons (Fsp3) is 0.692. The van der Waals surface area contributed by atoms with Crippen LogP contribution >= 0.6 is 0 Å². The topological polar surface area (TPSA) is 76.3 Å². The first kappa shape index (κ1) is 12.6. The van der Waals surface area contributed by atoms with E-state index in [4.69, 9.17) is 15.6 Å². The molecule has 3 N–H and O–H groups in total. The lowest BCUT2D eigenvalue weighted by Gasteiger charge is -2.33. The van der Waals surface area contributed by atoms with Crippen molar-refractivity contribution in [2.45, 2.75) is 38.2 Å². The van der Waals surface area contributed by atoms with Gasteiger partial charge in [-0.3, -0.25) is 0 Å². The van der Waals surface area contributed by atoms with Crippen LogP contribution in [0, 0.1) is 0 Å². The molecule has 1 unspecified atom stereocenters. The van der Waals surface area contributed by atoms with E-state index in [-0.39, 0.29) is 0 Å². The predicted molar refractivity (Wildman–Crippen MR) is 74.1 cm³/mol. The van der Waals surface area contributed by atoms with Crippen molar-refractivity contribution in [3.05, 3.63) is 11.9 Å². The molecule has 6 nitrogen and oxygen atoms in total. The van der Waals surface area contributed by atoms with Crippen LogP contribution in [0.4, 0.5) is 11.6 Å². The van der Waals surface area contributed by atoms with Crippen molar-refractivity contribution in [2.24, 2.45) is 5.84 Å². The number of nitrogen functional groups attached to an aromatic ring is 1. The number of aromatic nitrogens is 2. The number of nitrogens with two attached hydrogens (primary N) is 1. The van der Waals surface area contributed by atoms with E-state index in [2.05, 4.69) is 22.2 Å². The summed E-state index contributed by atoms with van der Waals surface area (Å²) in [5, 5.41) is 0. The lowest BCUT2D eigenvalue weighted by atomic mass is 10.2. The van der Waals surface area contributed by atoms with Crippen molar-refractivity contribution in [3.8, 4) is 0 Å². The van der Waals surface area contributed by atoms with Crippen LogP contribution in [0.3, 0.4) is 0 Å². The van der Waals surface area contributed by atoms with E-state index >= 15 is 0 Å². The Labute approximate surface area is 113 Å². The Morgan fingerprint density at radius 3 is 3.00 bits per heavy atom. The zero-order chi connectivity index (χ0) is 13.2. The molecule has 1 aliphatic carbocycles. The molecule has 2 heterocycles. The van der Waals surface area contributed by atoms with Gasteiger partial charge in [0.15, 0.2) is 0 Å². The third-order valence-corrected chi connectivity index (χ3v) is 3.74. The molecule has 0 aromatic carbocycles. The van der Waals surface area contributed by atoms with Crippen molar-refractivity contribution in [3.63, 3.8) is 0 Å². The fourth-order valence-electron chi connectivity index (χ4n) is 2.39. The third-order valence-electron chi connectivity index (χ3n) is 3.74. The van der Waals surface area contributed by atoms with Crippen LogP contribution in [-0.4, -0.2) is 35.8 Å². The molecule has 19 heavy (non-hydrogen) atoms. The van der Waals surface area contributed by atoms with Crippen molar-refractivity contribution in [1.29, 1.82) is 0 Å². The average molecular weight is 263 g/mol. The van der Waals surface area contributed by atoms with Gasteiger partial charge in [0, 0.05) is 25.1 Å². The largest absolute Gasteiger partial charge is 0.375 e. The molecule has 0 radical (unpaired) electrons. The van der Waals surface area contributed by atoms with Crippen LogP contribution in [0.25, 0.3) is 0 Å². The Morgan fingerprint density at radius 1 is 1.47 bits per heavy atom. The first-order valence-electron chi connectivity index (χ1n) is 7.02. The summed E-state index contributed by atoms with van der Waals surface area (Å²) < 4.78 is 5.70. The smallest absolute Gasteiger partial charge is 0.145 e. The maximum Gasteiger partial charge on any atom is 0.145 e. The second kappa shape index (κ2) is 5.30. The van der Waals surface area contributed by atoms with Gasteiger partial charge in [-0.15, -0.1) is 0 Å². The highest BCUT2D eigenvalue weighted by Crippen LogP contribution is 2.39. The number of morpholine rings is 1. The van der Waals surface area contributed by atoms with Crippen LogP contribution in [-0.2, 0) is 4.74 Å². The third kappa shape index (κ3) is 2.79. The lowest BCUT2D eigenvalue weighted by molar-refractivity contribution is 0.0381. The normalized spacial score (nSPS) is 23.5. The minimum absolute atomic E-state index is 0.294. The van der Waals surface area contributed by atoms with Crippen LogP contribution < -0.4 is 16.2 Å². The highest BCUT2D eigenvalue weighted by molar-refractivity contribution is 5.49. The summed E-state index contributed by atoms with van der Waals surface area (Å²) in [6, 6.07) is 1.92. The molecular formula is C13H21N5O. The molecule has 2 aliphatic rings. The highest BCUT2D eigenvalue weighted by atomic mass is 16.5. The summed E-state index contributed by atoms with van der Waals surface area (Å²) in [4.78, 5) is 11.4. The van der Waals surface area contributed by atoms with Gasteiger partial charge < -0.3 is 15.1 Å². The Morgan fingerprint density at radius 2 is 2.32 bits per heavy atom. The lowest BCUT2D eigenvalue weighted by Crippen LogP contribution is -2.42. The highest BCUT2D eigenvalue weighted by Gasteiger charge is 2.28. The molecule has 1 saturated carbocycles. The van der Waals surface area contributed by atoms with Crippen LogP contribution in [0.5, 0.6) is 0 Å². The van der Waals surface area contributed by atoms with E-state index in [0.717, 1.165) is 37.8 Å². The molecule has 104 valence electrons. The summed E-state index contributed by atoms with van der Waals surface area (Å²) in [5.74, 6) is 8.62. The summed E-state index contributed by atoms with van der Waals surface area (Å²) in [5.41, 5.74) is 2.65. The van der Waals surface area contributed by atoms with E-state index in [1.807, 2.05) is 6.07 Å². The van der Waals surface area contributed by atoms with Crippen LogP contribution in [0.1, 0.15) is 37.9 Å².